The number of hydrogen-bond donors (Lipinski definition) is 1. The van der Waals surface area contributed by atoms with Crippen LogP contribution in [-0.2, 0) is 19.1 Å². The van der Waals surface area contributed by atoms with Crippen molar-refractivity contribution >= 4 is 24.6 Å². The van der Waals surface area contributed by atoms with Crippen LogP contribution in [0.5, 0.6) is 0 Å². The van der Waals surface area contributed by atoms with Crippen molar-refractivity contribution in [2.24, 2.45) is 0 Å². The molecule has 0 aliphatic rings. The SMILES string of the molecule is CCCCCCCCCCCCCCCCCCOC(=O)CCCC(S)C(=O)OCCCCCCCCCCCCCCCCCC. The van der Waals surface area contributed by atoms with Gasteiger partial charge in [-0.15, -0.1) is 0 Å². The quantitative estimate of drug-likeness (QED) is 0.0398. The molecule has 0 bridgehead atoms. The fourth-order valence-electron chi connectivity index (χ4n) is 6.39. The summed E-state index contributed by atoms with van der Waals surface area (Å²) in [6, 6.07) is 0. The number of hydrogen-bond acceptors (Lipinski definition) is 5. The minimum atomic E-state index is -0.454. The van der Waals surface area contributed by atoms with Gasteiger partial charge >= 0.3 is 11.9 Å². The van der Waals surface area contributed by atoms with Gasteiger partial charge in [0.1, 0.15) is 0 Å². The molecule has 0 spiro atoms. The van der Waals surface area contributed by atoms with Crippen LogP contribution < -0.4 is 0 Å². The van der Waals surface area contributed by atoms with Gasteiger partial charge in [-0.2, -0.15) is 12.6 Å². The summed E-state index contributed by atoms with van der Waals surface area (Å²) in [5.41, 5.74) is 0. The molecule has 1 unspecified atom stereocenters. The Balaban J connectivity index is 3.36. The number of esters is 2. The van der Waals surface area contributed by atoms with Gasteiger partial charge in [0.05, 0.1) is 18.5 Å². The molecular weight excluding hydrogens is 601 g/mol. The molecule has 0 radical (unpaired) electrons. The molecule has 47 heavy (non-hydrogen) atoms. The van der Waals surface area contributed by atoms with E-state index in [4.69, 9.17) is 9.47 Å². The van der Waals surface area contributed by atoms with Crippen LogP contribution in [0.4, 0.5) is 0 Å². The number of thiol groups is 1. The van der Waals surface area contributed by atoms with Crippen molar-refractivity contribution in [1.82, 2.24) is 0 Å². The lowest BCUT2D eigenvalue weighted by molar-refractivity contribution is -0.145. The van der Waals surface area contributed by atoms with Gasteiger partial charge in [-0.05, 0) is 25.7 Å². The Hall–Kier alpha value is -0.710. The van der Waals surface area contributed by atoms with Crippen LogP contribution in [0.1, 0.15) is 239 Å². The zero-order valence-electron chi connectivity index (χ0n) is 31.8. The topological polar surface area (TPSA) is 52.6 Å². The second-order valence-corrected chi connectivity index (χ2v) is 15.0. The highest BCUT2D eigenvalue weighted by atomic mass is 32.1. The maximum absolute atomic E-state index is 12.2. The van der Waals surface area contributed by atoms with Crippen molar-refractivity contribution in [2.75, 3.05) is 13.2 Å². The van der Waals surface area contributed by atoms with Crippen molar-refractivity contribution < 1.29 is 19.1 Å². The Morgan fingerprint density at radius 3 is 1.00 bits per heavy atom. The van der Waals surface area contributed by atoms with Crippen molar-refractivity contribution in [1.29, 1.82) is 0 Å². The van der Waals surface area contributed by atoms with Gasteiger partial charge in [0.25, 0.3) is 0 Å². The first-order valence-corrected chi connectivity index (χ1v) is 21.6. The molecular formula is C42H82O4S. The summed E-state index contributed by atoms with van der Waals surface area (Å²) in [6.45, 7) is 5.56. The molecule has 0 saturated heterocycles. The minimum Gasteiger partial charge on any atom is -0.466 e. The molecule has 280 valence electrons. The van der Waals surface area contributed by atoms with Crippen molar-refractivity contribution in [3.8, 4) is 0 Å². The maximum Gasteiger partial charge on any atom is 0.318 e. The summed E-state index contributed by atoms with van der Waals surface area (Å²) in [5, 5.41) is -0.454. The monoisotopic (exact) mass is 683 g/mol. The number of carbonyl (C=O) groups excluding carboxylic acids is 2. The van der Waals surface area contributed by atoms with E-state index < -0.39 is 5.25 Å². The summed E-state index contributed by atoms with van der Waals surface area (Å²) in [6.07, 6.45) is 44.2. The molecule has 0 amide bonds. The molecule has 4 nitrogen and oxygen atoms in total. The van der Waals surface area contributed by atoms with Gasteiger partial charge in [-0.1, -0.05) is 206 Å². The van der Waals surface area contributed by atoms with Crippen molar-refractivity contribution in [2.45, 2.75) is 244 Å². The molecule has 0 N–H and O–H groups in total. The number of rotatable bonds is 39. The molecule has 1 atom stereocenters. The van der Waals surface area contributed by atoms with Gasteiger partial charge in [-0.3, -0.25) is 9.59 Å². The third kappa shape index (κ3) is 38.0. The largest absolute Gasteiger partial charge is 0.466 e. The fourth-order valence-corrected chi connectivity index (χ4v) is 6.64. The second kappa shape index (κ2) is 39.7. The van der Waals surface area contributed by atoms with Gasteiger partial charge in [0.15, 0.2) is 0 Å². The lowest BCUT2D eigenvalue weighted by Gasteiger charge is -2.11. The van der Waals surface area contributed by atoms with Gasteiger partial charge in [0.2, 0.25) is 0 Å². The molecule has 0 fully saturated rings. The molecule has 0 aromatic heterocycles. The van der Waals surface area contributed by atoms with Crippen LogP contribution >= 0.6 is 12.6 Å². The summed E-state index contributed by atoms with van der Waals surface area (Å²) in [5.74, 6) is -0.413. The Morgan fingerprint density at radius 1 is 0.404 bits per heavy atom. The average Bonchev–Trinajstić information content (AvgIpc) is 3.07. The third-order valence-electron chi connectivity index (χ3n) is 9.63. The Morgan fingerprint density at radius 2 is 0.681 bits per heavy atom. The van der Waals surface area contributed by atoms with Crippen LogP contribution in [0.3, 0.4) is 0 Å². The summed E-state index contributed by atoms with van der Waals surface area (Å²) in [7, 11) is 0. The first-order valence-electron chi connectivity index (χ1n) is 21.1. The highest BCUT2D eigenvalue weighted by molar-refractivity contribution is 7.81. The zero-order chi connectivity index (χ0) is 34.3. The average molecular weight is 683 g/mol. The normalized spacial score (nSPS) is 12.0. The zero-order valence-corrected chi connectivity index (χ0v) is 32.7. The van der Waals surface area contributed by atoms with Crippen molar-refractivity contribution in [3.63, 3.8) is 0 Å². The minimum absolute atomic E-state index is 0.159. The molecule has 0 aromatic carbocycles. The van der Waals surface area contributed by atoms with E-state index in [0.717, 1.165) is 25.7 Å². The molecule has 0 aliphatic carbocycles. The molecule has 0 aliphatic heterocycles. The van der Waals surface area contributed by atoms with Crippen LogP contribution in [0.15, 0.2) is 0 Å². The summed E-state index contributed by atoms with van der Waals surface area (Å²) >= 11 is 4.41. The van der Waals surface area contributed by atoms with Crippen LogP contribution in [0.2, 0.25) is 0 Å². The Kier molecular flexibility index (Phi) is 39.1. The van der Waals surface area contributed by atoms with E-state index in [9.17, 15) is 9.59 Å². The highest BCUT2D eigenvalue weighted by Crippen LogP contribution is 2.16. The van der Waals surface area contributed by atoms with E-state index in [-0.39, 0.29) is 11.9 Å². The van der Waals surface area contributed by atoms with E-state index in [2.05, 4.69) is 26.5 Å². The summed E-state index contributed by atoms with van der Waals surface area (Å²) in [4.78, 5) is 24.2. The van der Waals surface area contributed by atoms with E-state index in [0.29, 0.717) is 32.5 Å². The van der Waals surface area contributed by atoms with E-state index >= 15 is 0 Å². The van der Waals surface area contributed by atoms with Crippen LogP contribution in [0.25, 0.3) is 0 Å². The first kappa shape index (κ1) is 46.3. The highest BCUT2D eigenvalue weighted by Gasteiger charge is 2.16. The number of carbonyl (C=O) groups is 2. The number of ether oxygens (including phenoxy) is 2. The molecule has 0 rings (SSSR count). The molecule has 0 heterocycles. The van der Waals surface area contributed by atoms with Crippen LogP contribution in [-0.4, -0.2) is 30.4 Å². The van der Waals surface area contributed by atoms with Gasteiger partial charge in [-0.25, -0.2) is 0 Å². The smallest absolute Gasteiger partial charge is 0.318 e. The maximum atomic E-state index is 12.2. The molecule has 0 saturated carbocycles. The first-order chi connectivity index (χ1) is 23.1. The third-order valence-corrected chi connectivity index (χ3v) is 10.1. The van der Waals surface area contributed by atoms with Gasteiger partial charge < -0.3 is 9.47 Å². The van der Waals surface area contributed by atoms with E-state index in [1.807, 2.05) is 0 Å². The molecule has 5 heteroatoms. The van der Waals surface area contributed by atoms with Crippen LogP contribution in [0, 0.1) is 0 Å². The lowest BCUT2D eigenvalue weighted by atomic mass is 10.0. The lowest BCUT2D eigenvalue weighted by Crippen LogP contribution is -2.19. The predicted octanol–water partition coefficient (Wildman–Crippen LogP) is 14.1. The van der Waals surface area contributed by atoms with Gasteiger partial charge in [0, 0.05) is 6.42 Å². The van der Waals surface area contributed by atoms with E-state index in [1.54, 1.807) is 0 Å². The Bertz CT molecular complexity index is 640. The predicted molar refractivity (Wildman–Crippen MR) is 208 cm³/mol. The second-order valence-electron chi connectivity index (χ2n) is 14.4. The Labute approximate surface area is 299 Å². The summed E-state index contributed by atoms with van der Waals surface area (Å²) < 4.78 is 10.8. The number of unbranched alkanes of at least 4 members (excludes halogenated alkanes) is 30. The van der Waals surface area contributed by atoms with E-state index in [1.165, 1.54) is 180 Å². The van der Waals surface area contributed by atoms with Crippen molar-refractivity contribution in [3.05, 3.63) is 0 Å². The standard InChI is InChI=1S/C42H82O4S/c1-3-5-7-9-11-13-15-17-19-21-23-25-27-29-31-33-38-45-41(43)37-35-36-40(47)42(44)46-39-34-32-30-28-26-24-22-20-18-16-14-12-10-8-6-4-2/h40,47H,3-39H2,1-2H3. The fraction of sp³-hybridized carbons (Fsp3) is 0.952. The molecule has 0 aromatic rings.